The zero-order valence-electron chi connectivity index (χ0n) is 26.0. The van der Waals surface area contributed by atoms with Crippen LogP contribution in [0.1, 0.15) is 52.1 Å². The number of hydrogen-bond donors (Lipinski definition) is 2. The molecule has 2 aromatic heterocycles. The number of benzene rings is 2. The number of sulfonamides is 1. The van der Waals surface area contributed by atoms with Crippen molar-refractivity contribution in [1.82, 2.24) is 29.3 Å². The summed E-state index contributed by atoms with van der Waals surface area (Å²) in [6, 6.07) is 13.6. The Morgan fingerprint density at radius 1 is 0.938 bits per heavy atom. The molecule has 0 unspecified atom stereocenters. The molecule has 0 aliphatic carbocycles. The lowest BCUT2D eigenvalue weighted by atomic mass is 10.0. The Bertz CT molecular complexity index is 1970. The topological polar surface area (TPSA) is 147 Å². The first kappa shape index (κ1) is 33.2. The summed E-state index contributed by atoms with van der Waals surface area (Å²) in [4.78, 5) is 49.1. The Hall–Kier alpha value is -4.66. The van der Waals surface area contributed by atoms with Crippen molar-refractivity contribution >= 4 is 45.0 Å². The van der Waals surface area contributed by atoms with E-state index in [0.717, 1.165) is 32.4 Å². The summed E-state index contributed by atoms with van der Waals surface area (Å²) in [5, 5.41) is 6.66. The third-order valence-corrected chi connectivity index (χ3v) is 10.3. The van der Waals surface area contributed by atoms with E-state index in [1.165, 1.54) is 58.4 Å². The minimum atomic E-state index is -4.29. The van der Waals surface area contributed by atoms with E-state index < -0.39 is 39.6 Å². The summed E-state index contributed by atoms with van der Waals surface area (Å²) in [7, 11) is -4.29. The number of anilines is 1. The molecular formula is C33H33ClFN7O5S. The first-order valence-corrected chi connectivity index (χ1v) is 17.3. The highest BCUT2D eigenvalue weighted by molar-refractivity contribution is 7.90. The van der Waals surface area contributed by atoms with Crippen LogP contribution in [0.2, 0.25) is 5.02 Å². The lowest BCUT2D eigenvalue weighted by Gasteiger charge is -2.36. The molecule has 2 aromatic carbocycles. The van der Waals surface area contributed by atoms with Crippen LogP contribution in [0.3, 0.4) is 0 Å². The van der Waals surface area contributed by atoms with Crippen LogP contribution in [0.25, 0.3) is 5.69 Å². The van der Waals surface area contributed by atoms with Gasteiger partial charge in [-0.05, 0) is 75.7 Å². The first-order valence-electron chi connectivity index (χ1n) is 15.5. The van der Waals surface area contributed by atoms with Crippen molar-refractivity contribution in [3.05, 3.63) is 101 Å². The van der Waals surface area contributed by atoms with E-state index in [-0.39, 0.29) is 45.1 Å². The Kier molecular flexibility index (Phi) is 9.58. The molecule has 0 radical (unpaired) electrons. The summed E-state index contributed by atoms with van der Waals surface area (Å²) < 4.78 is 43.8. The maximum atomic E-state index is 14.9. The maximum Gasteiger partial charge on any atom is 0.281 e. The molecule has 6 rings (SSSR count). The predicted octanol–water partition coefficient (Wildman–Crippen LogP) is 4.19. The lowest BCUT2D eigenvalue weighted by molar-refractivity contribution is -0.121. The quantitative estimate of drug-likeness (QED) is 0.279. The van der Waals surface area contributed by atoms with E-state index in [0.29, 0.717) is 12.1 Å². The zero-order valence-corrected chi connectivity index (χ0v) is 27.5. The van der Waals surface area contributed by atoms with Gasteiger partial charge < -0.3 is 10.2 Å². The van der Waals surface area contributed by atoms with Crippen LogP contribution in [0.4, 0.5) is 10.1 Å². The van der Waals surface area contributed by atoms with Crippen LogP contribution in [-0.2, 0) is 14.8 Å². The number of rotatable bonds is 8. The third-order valence-electron chi connectivity index (χ3n) is 8.72. The molecule has 4 aromatic rings. The summed E-state index contributed by atoms with van der Waals surface area (Å²) in [6.07, 6.45) is 6.17. The summed E-state index contributed by atoms with van der Waals surface area (Å²) in [6.45, 7) is 3.46. The second-order valence-corrected chi connectivity index (χ2v) is 13.7. The summed E-state index contributed by atoms with van der Waals surface area (Å²) in [5.74, 6) is -2.62. The molecule has 0 saturated carbocycles. The van der Waals surface area contributed by atoms with Gasteiger partial charge in [-0.2, -0.15) is 13.5 Å². The standard InChI is InChI=1S/C33H33ClFN7O5S/c1-21-23(20-37-42(21)26-13-9-11-24(34)29(26)35)33(45)41-19-15-27(40-17-7-2-8-18-40)30(41)32(44)38-25-12-4-3-10-22(25)31(43)39-48(46,47)28-14-5-6-16-36-28/h3-6,9-14,16,20,27,30H,2,7-8,15,17-19H2,1H3,(H,38,44)(H,39,43)/t27-,30+/m0/s1. The fourth-order valence-corrected chi connectivity index (χ4v) is 7.44. The molecule has 4 heterocycles. The van der Waals surface area contributed by atoms with Crippen molar-refractivity contribution in [3.8, 4) is 5.69 Å². The molecule has 2 fully saturated rings. The van der Waals surface area contributed by atoms with Crippen molar-refractivity contribution in [2.24, 2.45) is 0 Å². The second kappa shape index (κ2) is 13.8. The molecule has 48 heavy (non-hydrogen) atoms. The maximum absolute atomic E-state index is 14.9. The Morgan fingerprint density at radius 2 is 1.69 bits per heavy atom. The van der Waals surface area contributed by atoms with Gasteiger partial charge >= 0.3 is 0 Å². The average molecular weight is 694 g/mol. The van der Waals surface area contributed by atoms with Crippen LogP contribution >= 0.6 is 11.6 Å². The number of carbonyl (C=O) groups is 3. The van der Waals surface area contributed by atoms with Gasteiger partial charge in [0.1, 0.15) is 11.7 Å². The van der Waals surface area contributed by atoms with Gasteiger partial charge in [0.15, 0.2) is 10.8 Å². The number of amides is 3. The largest absolute Gasteiger partial charge is 0.325 e. The number of piperidine rings is 1. The SMILES string of the molecule is Cc1c(C(=O)N2CC[C@H](N3CCCCC3)[C@@H]2C(=O)Nc2ccccc2C(=O)NS(=O)(=O)c2ccccn2)cnn1-c1cccc(Cl)c1F. The Morgan fingerprint density at radius 3 is 2.44 bits per heavy atom. The van der Waals surface area contributed by atoms with Crippen LogP contribution in [0, 0.1) is 12.7 Å². The number of para-hydroxylation sites is 1. The highest BCUT2D eigenvalue weighted by Crippen LogP contribution is 2.31. The van der Waals surface area contributed by atoms with Gasteiger partial charge in [0.25, 0.3) is 21.8 Å². The third kappa shape index (κ3) is 6.55. The van der Waals surface area contributed by atoms with Crippen molar-refractivity contribution in [2.75, 3.05) is 25.0 Å². The monoisotopic (exact) mass is 693 g/mol. The molecule has 2 aliphatic rings. The van der Waals surface area contributed by atoms with Gasteiger partial charge in [0.2, 0.25) is 5.91 Å². The molecule has 2 N–H and O–H groups in total. The second-order valence-electron chi connectivity index (χ2n) is 11.7. The van der Waals surface area contributed by atoms with Crippen LogP contribution in [0.15, 0.2) is 78.1 Å². The molecule has 0 spiro atoms. The number of nitrogens with zero attached hydrogens (tertiary/aromatic N) is 5. The first-order chi connectivity index (χ1) is 23.1. The minimum absolute atomic E-state index is 0.0772. The number of nitrogens with one attached hydrogen (secondary N) is 2. The zero-order chi connectivity index (χ0) is 34.0. The number of pyridine rings is 1. The molecule has 2 atom stereocenters. The van der Waals surface area contributed by atoms with Crippen LogP contribution in [0.5, 0.6) is 0 Å². The molecule has 2 saturated heterocycles. The normalized spacial score (nSPS) is 18.4. The number of aromatic nitrogens is 3. The minimum Gasteiger partial charge on any atom is -0.325 e. The highest BCUT2D eigenvalue weighted by atomic mass is 35.5. The van der Waals surface area contributed by atoms with Gasteiger partial charge in [0, 0.05) is 18.8 Å². The summed E-state index contributed by atoms with van der Waals surface area (Å²) >= 11 is 5.99. The molecule has 2 aliphatic heterocycles. The van der Waals surface area contributed by atoms with E-state index in [1.54, 1.807) is 31.2 Å². The fraction of sp³-hybridized carbons (Fsp3) is 0.303. The van der Waals surface area contributed by atoms with Crippen molar-refractivity contribution < 1.29 is 27.2 Å². The van der Waals surface area contributed by atoms with E-state index in [4.69, 9.17) is 11.6 Å². The van der Waals surface area contributed by atoms with Gasteiger partial charge in [-0.1, -0.05) is 42.3 Å². The Labute approximate surface area is 281 Å². The molecule has 250 valence electrons. The van der Waals surface area contributed by atoms with E-state index >= 15 is 0 Å². The van der Waals surface area contributed by atoms with Crippen LogP contribution < -0.4 is 10.0 Å². The van der Waals surface area contributed by atoms with Crippen molar-refractivity contribution in [2.45, 2.75) is 49.7 Å². The summed E-state index contributed by atoms with van der Waals surface area (Å²) in [5.41, 5.74) is 0.648. The van der Waals surface area contributed by atoms with Gasteiger partial charge in [0.05, 0.1) is 33.7 Å². The number of carbonyl (C=O) groups excluding carboxylic acids is 3. The van der Waals surface area contributed by atoms with Gasteiger partial charge in [-0.3, -0.25) is 19.3 Å². The molecule has 12 nitrogen and oxygen atoms in total. The lowest BCUT2D eigenvalue weighted by Crippen LogP contribution is -2.54. The molecule has 0 bridgehead atoms. The van der Waals surface area contributed by atoms with Crippen molar-refractivity contribution in [1.29, 1.82) is 0 Å². The average Bonchev–Trinajstić information content (AvgIpc) is 3.71. The van der Waals surface area contributed by atoms with E-state index in [2.05, 4.69) is 20.3 Å². The highest BCUT2D eigenvalue weighted by Gasteiger charge is 2.45. The molecule has 3 amide bonds. The van der Waals surface area contributed by atoms with E-state index in [1.807, 2.05) is 4.72 Å². The van der Waals surface area contributed by atoms with Crippen LogP contribution in [-0.4, -0.2) is 82.4 Å². The van der Waals surface area contributed by atoms with E-state index in [9.17, 15) is 27.2 Å². The Balaban J connectivity index is 1.29. The van der Waals surface area contributed by atoms with Gasteiger partial charge in [-0.25, -0.2) is 18.8 Å². The number of halogens is 2. The number of likely N-dealkylation sites (tertiary alicyclic amines) is 2. The van der Waals surface area contributed by atoms with Gasteiger partial charge in [-0.15, -0.1) is 0 Å². The smallest absolute Gasteiger partial charge is 0.281 e. The molecular weight excluding hydrogens is 661 g/mol. The predicted molar refractivity (Wildman–Crippen MR) is 176 cm³/mol. The van der Waals surface area contributed by atoms with Crippen molar-refractivity contribution in [3.63, 3.8) is 0 Å². The molecule has 15 heteroatoms. The number of hydrogen-bond acceptors (Lipinski definition) is 8. The fourth-order valence-electron chi connectivity index (χ4n) is 6.36.